The van der Waals surface area contributed by atoms with E-state index in [0.29, 0.717) is 11.7 Å². The van der Waals surface area contributed by atoms with Crippen molar-refractivity contribution in [1.29, 1.82) is 0 Å². The Kier molecular flexibility index (Phi) is 7.01. The van der Waals surface area contributed by atoms with Gasteiger partial charge in [-0.25, -0.2) is 5.43 Å². The molecule has 1 aliphatic rings. The molecule has 0 spiro atoms. The van der Waals surface area contributed by atoms with E-state index in [1.165, 1.54) is 11.3 Å². The minimum Gasteiger partial charge on any atom is -0.484 e. The zero-order chi connectivity index (χ0) is 24.1. The van der Waals surface area contributed by atoms with Crippen LogP contribution in [0.5, 0.6) is 5.75 Å². The van der Waals surface area contributed by atoms with E-state index >= 15 is 0 Å². The highest BCUT2D eigenvalue weighted by atomic mass is 16.5. The third kappa shape index (κ3) is 5.30. The zero-order valence-corrected chi connectivity index (χ0v) is 20.4. The number of carbonyl (C=O) groups is 1. The van der Waals surface area contributed by atoms with E-state index in [9.17, 15) is 4.79 Å². The Bertz CT molecular complexity index is 1150. The molecule has 0 saturated heterocycles. The monoisotopic (exact) mass is 455 g/mol. The highest BCUT2D eigenvalue weighted by Gasteiger charge is 2.35. The maximum Gasteiger partial charge on any atom is 0.277 e. The number of fused-ring (bicyclic) bond motifs is 1. The predicted molar refractivity (Wildman–Crippen MR) is 140 cm³/mol. The third-order valence-electron chi connectivity index (χ3n) is 6.46. The summed E-state index contributed by atoms with van der Waals surface area (Å²) >= 11 is 0. The minimum absolute atomic E-state index is 0.0935. The molecule has 0 saturated carbocycles. The fourth-order valence-corrected chi connectivity index (χ4v) is 4.92. The highest BCUT2D eigenvalue weighted by Crippen LogP contribution is 2.43. The standard InChI is InChI=1S/C29H33N3O2/c1-5-32-27-16-11-22(17-26(27)21(2)18-29(32,3)4)19-30-31-28(33)20-34-25-14-12-24(13-15-25)23-9-7-6-8-10-23/h6-17,19,21H,5,18,20H2,1-4H3,(H,31,33)/b30-19+. The minimum atomic E-state index is -0.298. The lowest BCUT2D eigenvalue weighted by molar-refractivity contribution is -0.123. The van der Waals surface area contributed by atoms with Crippen molar-refractivity contribution >= 4 is 17.8 Å². The number of rotatable bonds is 7. The molecule has 0 radical (unpaired) electrons. The number of hydrazone groups is 1. The average Bonchev–Trinajstić information content (AvgIpc) is 2.83. The zero-order valence-electron chi connectivity index (χ0n) is 20.4. The van der Waals surface area contributed by atoms with E-state index in [0.717, 1.165) is 29.7 Å². The molecule has 34 heavy (non-hydrogen) atoms. The van der Waals surface area contributed by atoms with Gasteiger partial charge < -0.3 is 9.64 Å². The summed E-state index contributed by atoms with van der Waals surface area (Å²) in [5.74, 6) is 0.817. The van der Waals surface area contributed by atoms with Gasteiger partial charge in [-0.2, -0.15) is 5.10 Å². The van der Waals surface area contributed by atoms with Gasteiger partial charge in [0.2, 0.25) is 0 Å². The van der Waals surface area contributed by atoms with E-state index in [-0.39, 0.29) is 18.1 Å². The maximum atomic E-state index is 12.2. The van der Waals surface area contributed by atoms with E-state index < -0.39 is 0 Å². The molecular weight excluding hydrogens is 422 g/mol. The van der Waals surface area contributed by atoms with Crippen LogP contribution in [0, 0.1) is 0 Å². The predicted octanol–water partition coefficient (Wildman–Crippen LogP) is 5.99. The molecule has 3 aromatic rings. The molecule has 0 aliphatic carbocycles. The molecule has 4 rings (SSSR count). The fraction of sp³-hybridized carbons (Fsp3) is 0.310. The van der Waals surface area contributed by atoms with Crippen molar-refractivity contribution in [2.75, 3.05) is 18.1 Å². The van der Waals surface area contributed by atoms with E-state index in [4.69, 9.17) is 4.74 Å². The lowest BCUT2D eigenvalue weighted by Crippen LogP contribution is -2.48. The number of anilines is 1. The molecule has 1 atom stereocenters. The molecule has 3 aromatic carbocycles. The molecule has 1 heterocycles. The van der Waals surface area contributed by atoms with Crippen molar-refractivity contribution in [2.45, 2.75) is 45.6 Å². The Labute approximate surface area is 202 Å². The molecule has 1 unspecified atom stereocenters. The Morgan fingerprint density at radius 1 is 1.09 bits per heavy atom. The van der Waals surface area contributed by atoms with Gasteiger partial charge in [-0.1, -0.05) is 55.5 Å². The lowest BCUT2D eigenvalue weighted by atomic mass is 9.79. The quantitative estimate of drug-likeness (QED) is 0.351. The van der Waals surface area contributed by atoms with Gasteiger partial charge >= 0.3 is 0 Å². The van der Waals surface area contributed by atoms with Gasteiger partial charge in [0.05, 0.1) is 6.21 Å². The number of nitrogens with zero attached hydrogens (tertiary/aromatic N) is 2. The molecule has 5 heteroatoms. The van der Waals surface area contributed by atoms with Gasteiger partial charge in [0.1, 0.15) is 5.75 Å². The van der Waals surface area contributed by atoms with Crippen LogP contribution in [-0.2, 0) is 4.79 Å². The van der Waals surface area contributed by atoms with E-state index in [1.807, 2.05) is 42.5 Å². The summed E-state index contributed by atoms with van der Waals surface area (Å²) in [7, 11) is 0. The second-order valence-electron chi connectivity index (χ2n) is 9.45. The van der Waals surface area contributed by atoms with Crippen LogP contribution in [0.4, 0.5) is 5.69 Å². The van der Waals surface area contributed by atoms with Gasteiger partial charge in [0.15, 0.2) is 6.61 Å². The topological polar surface area (TPSA) is 53.9 Å². The summed E-state index contributed by atoms with van der Waals surface area (Å²) < 4.78 is 5.60. The first-order valence-corrected chi connectivity index (χ1v) is 11.9. The molecule has 1 N–H and O–H groups in total. The molecule has 176 valence electrons. The molecule has 1 aliphatic heterocycles. The average molecular weight is 456 g/mol. The van der Waals surface area contributed by atoms with Crippen LogP contribution >= 0.6 is 0 Å². The summed E-state index contributed by atoms with van der Waals surface area (Å²) in [5.41, 5.74) is 8.54. The third-order valence-corrected chi connectivity index (χ3v) is 6.46. The first kappa shape index (κ1) is 23.6. The smallest absolute Gasteiger partial charge is 0.277 e. The van der Waals surface area contributed by atoms with Gasteiger partial charge in [-0.15, -0.1) is 0 Å². The lowest BCUT2D eigenvalue weighted by Gasteiger charge is -2.47. The Morgan fingerprint density at radius 2 is 1.79 bits per heavy atom. The van der Waals surface area contributed by atoms with Crippen molar-refractivity contribution in [2.24, 2.45) is 5.10 Å². The summed E-state index contributed by atoms with van der Waals surface area (Å²) in [4.78, 5) is 14.6. The van der Waals surface area contributed by atoms with Gasteiger partial charge in [0.25, 0.3) is 5.91 Å². The Balaban J connectivity index is 1.32. The Hall–Kier alpha value is -3.60. The Morgan fingerprint density at radius 3 is 2.50 bits per heavy atom. The van der Waals surface area contributed by atoms with E-state index in [1.54, 1.807) is 6.21 Å². The number of hydrogen-bond donors (Lipinski definition) is 1. The maximum absolute atomic E-state index is 12.2. The fourth-order valence-electron chi connectivity index (χ4n) is 4.92. The van der Waals surface area contributed by atoms with E-state index in [2.05, 4.69) is 73.5 Å². The van der Waals surface area contributed by atoms with Crippen molar-refractivity contribution in [3.63, 3.8) is 0 Å². The first-order chi connectivity index (χ1) is 16.4. The summed E-state index contributed by atoms with van der Waals surface area (Å²) in [5, 5.41) is 4.13. The first-order valence-electron chi connectivity index (χ1n) is 11.9. The van der Waals surface area contributed by atoms with Crippen LogP contribution in [0.3, 0.4) is 0 Å². The van der Waals surface area contributed by atoms with Crippen molar-refractivity contribution in [1.82, 2.24) is 5.43 Å². The number of nitrogens with one attached hydrogen (secondary N) is 1. The largest absolute Gasteiger partial charge is 0.484 e. The number of hydrogen-bond acceptors (Lipinski definition) is 4. The second kappa shape index (κ2) is 10.1. The van der Waals surface area contributed by atoms with Crippen LogP contribution < -0.4 is 15.1 Å². The molecule has 0 fully saturated rings. The molecule has 0 bridgehead atoms. The van der Waals surface area contributed by atoms with Crippen LogP contribution in [-0.4, -0.2) is 30.8 Å². The van der Waals surface area contributed by atoms with Crippen LogP contribution in [0.1, 0.15) is 51.2 Å². The molecule has 5 nitrogen and oxygen atoms in total. The SMILES string of the molecule is CCN1c2ccc(/C=N/NC(=O)COc3ccc(-c4ccccc4)cc3)cc2C(C)CC1(C)C. The van der Waals surface area contributed by atoms with Crippen LogP contribution in [0.2, 0.25) is 0 Å². The van der Waals surface area contributed by atoms with Gasteiger partial charge in [-0.3, -0.25) is 4.79 Å². The normalized spacial score (nSPS) is 16.8. The van der Waals surface area contributed by atoms with Crippen molar-refractivity contribution in [3.8, 4) is 16.9 Å². The van der Waals surface area contributed by atoms with Crippen LogP contribution in [0.15, 0.2) is 77.9 Å². The second-order valence-corrected chi connectivity index (χ2v) is 9.45. The van der Waals surface area contributed by atoms with Crippen molar-refractivity contribution < 1.29 is 9.53 Å². The summed E-state index contributed by atoms with van der Waals surface area (Å²) in [6.45, 7) is 9.97. The number of amides is 1. The molecular formula is C29H33N3O2. The number of ether oxygens (including phenoxy) is 1. The highest BCUT2D eigenvalue weighted by molar-refractivity contribution is 5.84. The van der Waals surface area contributed by atoms with Gasteiger partial charge in [0, 0.05) is 17.8 Å². The summed E-state index contributed by atoms with van der Waals surface area (Å²) in [6.07, 6.45) is 2.80. The molecule has 1 amide bonds. The molecule has 0 aromatic heterocycles. The number of carbonyl (C=O) groups excluding carboxylic acids is 1. The van der Waals surface area contributed by atoms with Gasteiger partial charge in [-0.05, 0) is 79.6 Å². The van der Waals surface area contributed by atoms with Crippen LogP contribution in [0.25, 0.3) is 11.1 Å². The van der Waals surface area contributed by atoms with Crippen molar-refractivity contribution in [3.05, 3.63) is 83.9 Å². The number of benzene rings is 3. The summed E-state index contributed by atoms with van der Waals surface area (Å²) in [6, 6.07) is 24.2.